The van der Waals surface area contributed by atoms with E-state index in [2.05, 4.69) is 62.4 Å². The van der Waals surface area contributed by atoms with Gasteiger partial charge in [0.2, 0.25) is 0 Å². The highest BCUT2D eigenvalue weighted by atomic mass is 16.3. The zero-order valence-electron chi connectivity index (χ0n) is 15.0. The number of rotatable bonds is 1. The molecule has 0 fully saturated rings. The van der Waals surface area contributed by atoms with Crippen molar-refractivity contribution in [3.05, 3.63) is 90.0 Å². The van der Waals surface area contributed by atoms with Gasteiger partial charge in [-0.2, -0.15) is 0 Å². The fraction of sp³-hybridized carbons (Fsp3) is 0.120. The lowest BCUT2D eigenvalue weighted by molar-refractivity contribution is 0.479. The van der Waals surface area contributed by atoms with Gasteiger partial charge in [0.15, 0.2) is 0 Å². The van der Waals surface area contributed by atoms with Crippen LogP contribution in [-0.2, 0) is 5.41 Å². The van der Waals surface area contributed by atoms with E-state index in [0.29, 0.717) is 5.75 Å². The van der Waals surface area contributed by atoms with Crippen molar-refractivity contribution in [3.63, 3.8) is 0 Å². The van der Waals surface area contributed by atoms with Crippen LogP contribution in [0.4, 0.5) is 0 Å². The van der Waals surface area contributed by atoms with E-state index in [1.54, 1.807) is 0 Å². The Balaban J connectivity index is 1.83. The summed E-state index contributed by atoms with van der Waals surface area (Å²) in [5, 5.41) is 12.6. The average molecular weight is 336 g/mol. The molecule has 1 aliphatic carbocycles. The summed E-state index contributed by atoms with van der Waals surface area (Å²) in [6.07, 6.45) is 0. The molecule has 126 valence electrons. The van der Waals surface area contributed by atoms with Gasteiger partial charge in [-0.05, 0) is 50.9 Å². The number of benzene rings is 4. The third-order valence-corrected chi connectivity index (χ3v) is 5.77. The number of fused-ring (bicyclic) bond motifs is 5. The maximum Gasteiger partial charge on any atom is 0.123 e. The molecule has 0 radical (unpaired) electrons. The Morgan fingerprint density at radius 1 is 0.654 bits per heavy atom. The van der Waals surface area contributed by atoms with Crippen molar-refractivity contribution in [3.8, 4) is 28.0 Å². The molecule has 5 rings (SSSR count). The molecule has 0 unspecified atom stereocenters. The molecular formula is C25H20O. The number of hydrogen-bond acceptors (Lipinski definition) is 1. The van der Waals surface area contributed by atoms with Gasteiger partial charge < -0.3 is 5.11 Å². The molecule has 0 heterocycles. The van der Waals surface area contributed by atoms with Crippen molar-refractivity contribution >= 4 is 10.8 Å². The minimum atomic E-state index is -0.142. The summed E-state index contributed by atoms with van der Waals surface area (Å²) in [6, 6.07) is 27.4. The van der Waals surface area contributed by atoms with E-state index in [1.165, 1.54) is 33.4 Å². The van der Waals surface area contributed by atoms with Crippen molar-refractivity contribution < 1.29 is 5.11 Å². The SMILES string of the molecule is CC1(C)c2cc(-c3ccccc3)ccc2-c2c1cc(O)c1ccccc21. The highest BCUT2D eigenvalue weighted by Gasteiger charge is 2.37. The summed E-state index contributed by atoms with van der Waals surface area (Å²) < 4.78 is 0. The topological polar surface area (TPSA) is 20.2 Å². The van der Waals surface area contributed by atoms with Crippen molar-refractivity contribution in [1.82, 2.24) is 0 Å². The predicted octanol–water partition coefficient (Wildman–Crippen LogP) is 6.52. The first-order valence-corrected chi connectivity index (χ1v) is 9.03. The number of phenolic OH excluding ortho intramolecular Hbond substituents is 1. The Hall–Kier alpha value is -3.06. The number of hydrogen-bond donors (Lipinski definition) is 1. The first kappa shape index (κ1) is 15.2. The Bertz CT molecular complexity index is 1150. The molecule has 0 aliphatic heterocycles. The molecule has 26 heavy (non-hydrogen) atoms. The molecule has 1 N–H and O–H groups in total. The maximum atomic E-state index is 10.6. The van der Waals surface area contributed by atoms with E-state index in [-0.39, 0.29) is 5.41 Å². The van der Waals surface area contributed by atoms with Gasteiger partial charge in [0, 0.05) is 10.8 Å². The minimum absolute atomic E-state index is 0.142. The minimum Gasteiger partial charge on any atom is -0.507 e. The first-order chi connectivity index (χ1) is 12.6. The van der Waals surface area contributed by atoms with E-state index in [1.807, 2.05) is 30.3 Å². The molecule has 4 aromatic rings. The molecule has 1 heteroatoms. The molecule has 0 saturated heterocycles. The zero-order valence-corrected chi connectivity index (χ0v) is 15.0. The van der Waals surface area contributed by atoms with Gasteiger partial charge in [-0.25, -0.2) is 0 Å². The van der Waals surface area contributed by atoms with Gasteiger partial charge in [-0.3, -0.25) is 0 Å². The van der Waals surface area contributed by atoms with E-state index in [4.69, 9.17) is 0 Å². The van der Waals surface area contributed by atoms with Crippen LogP contribution in [0, 0.1) is 0 Å². The predicted molar refractivity (Wildman–Crippen MR) is 109 cm³/mol. The lowest BCUT2D eigenvalue weighted by Gasteiger charge is -2.22. The average Bonchev–Trinajstić information content (AvgIpc) is 2.90. The van der Waals surface area contributed by atoms with Crippen LogP contribution in [0.3, 0.4) is 0 Å². The Labute approximate surface area is 153 Å². The molecule has 0 spiro atoms. The summed E-state index contributed by atoms with van der Waals surface area (Å²) >= 11 is 0. The van der Waals surface area contributed by atoms with E-state index < -0.39 is 0 Å². The standard InChI is InChI=1S/C25H20O/c1-25(2)21-14-17(16-8-4-3-5-9-16)12-13-20(21)24-19-11-7-6-10-18(19)23(26)15-22(24)25/h3-15,26H,1-2H3. The van der Waals surface area contributed by atoms with Crippen LogP contribution in [0.1, 0.15) is 25.0 Å². The molecule has 0 saturated carbocycles. The second-order valence-electron chi connectivity index (χ2n) is 7.62. The van der Waals surface area contributed by atoms with Gasteiger partial charge in [-0.15, -0.1) is 0 Å². The van der Waals surface area contributed by atoms with E-state index >= 15 is 0 Å². The van der Waals surface area contributed by atoms with Gasteiger partial charge in [0.1, 0.15) is 5.75 Å². The third-order valence-electron chi connectivity index (χ3n) is 5.77. The summed E-state index contributed by atoms with van der Waals surface area (Å²) in [5.41, 5.74) is 7.39. The van der Waals surface area contributed by atoms with Crippen LogP contribution in [0.15, 0.2) is 78.9 Å². The smallest absolute Gasteiger partial charge is 0.123 e. The highest BCUT2D eigenvalue weighted by Crippen LogP contribution is 2.53. The van der Waals surface area contributed by atoms with Gasteiger partial charge in [-0.1, -0.05) is 80.6 Å². The van der Waals surface area contributed by atoms with E-state index in [0.717, 1.165) is 10.8 Å². The summed E-state index contributed by atoms with van der Waals surface area (Å²) in [6.45, 7) is 4.50. The summed E-state index contributed by atoms with van der Waals surface area (Å²) in [4.78, 5) is 0. The van der Waals surface area contributed by atoms with Crippen molar-refractivity contribution in [2.45, 2.75) is 19.3 Å². The van der Waals surface area contributed by atoms with Crippen LogP contribution in [0.25, 0.3) is 33.0 Å². The highest BCUT2D eigenvalue weighted by molar-refractivity contribution is 6.05. The van der Waals surface area contributed by atoms with Crippen molar-refractivity contribution in [1.29, 1.82) is 0 Å². The van der Waals surface area contributed by atoms with Gasteiger partial charge >= 0.3 is 0 Å². The third kappa shape index (κ3) is 1.97. The van der Waals surface area contributed by atoms with Gasteiger partial charge in [0.25, 0.3) is 0 Å². The van der Waals surface area contributed by atoms with Crippen LogP contribution < -0.4 is 0 Å². The largest absolute Gasteiger partial charge is 0.507 e. The maximum absolute atomic E-state index is 10.6. The van der Waals surface area contributed by atoms with Crippen molar-refractivity contribution in [2.75, 3.05) is 0 Å². The second-order valence-corrected chi connectivity index (χ2v) is 7.62. The Morgan fingerprint density at radius 3 is 2.12 bits per heavy atom. The lowest BCUT2D eigenvalue weighted by Crippen LogP contribution is -2.15. The van der Waals surface area contributed by atoms with Crippen molar-refractivity contribution in [2.24, 2.45) is 0 Å². The first-order valence-electron chi connectivity index (χ1n) is 9.03. The normalized spacial score (nSPS) is 14.2. The number of phenols is 1. The molecule has 1 nitrogen and oxygen atoms in total. The van der Waals surface area contributed by atoms with Gasteiger partial charge in [0.05, 0.1) is 0 Å². The van der Waals surface area contributed by atoms with Crippen LogP contribution in [0.2, 0.25) is 0 Å². The molecule has 0 amide bonds. The quantitative estimate of drug-likeness (QED) is 0.419. The zero-order chi connectivity index (χ0) is 17.9. The Morgan fingerprint density at radius 2 is 1.35 bits per heavy atom. The number of aromatic hydroxyl groups is 1. The van der Waals surface area contributed by atoms with Crippen LogP contribution in [-0.4, -0.2) is 5.11 Å². The van der Waals surface area contributed by atoms with Crippen LogP contribution >= 0.6 is 0 Å². The molecule has 0 bridgehead atoms. The fourth-order valence-corrected chi connectivity index (χ4v) is 4.37. The molecular weight excluding hydrogens is 316 g/mol. The Kier molecular flexibility index (Phi) is 3.05. The summed E-state index contributed by atoms with van der Waals surface area (Å²) in [5.74, 6) is 0.364. The van der Waals surface area contributed by atoms with E-state index in [9.17, 15) is 5.11 Å². The molecule has 1 aliphatic rings. The summed E-state index contributed by atoms with van der Waals surface area (Å²) in [7, 11) is 0. The fourth-order valence-electron chi connectivity index (χ4n) is 4.37. The lowest BCUT2D eigenvalue weighted by atomic mass is 9.81. The monoisotopic (exact) mass is 336 g/mol. The second kappa shape index (κ2) is 5.22. The molecule has 0 atom stereocenters. The molecule has 0 aromatic heterocycles. The van der Waals surface area contributed by atoms with Crippen LogP contribution in [0.5, 0.6) is 5.75 Å². The molecule has 4 aromatic carbocycles.